The number of carbonyl (C=O) groups excluding carboxylic acids is 4. The first kappa shape index (κ1) is 72.8. The molecule has 0 aromatic heterocycles. The molecule has 30 heteroatoms. The molecule has 8 N–H and O–H groups in total. The largest absolute Gasteiger partial charge is 0.493 e. The molecule has 2 amide bonds. The van der Waals surface area contributed by atoms with Gasteiger partial charge in [-0.2, -0.15) is 17.2 Å². The van der Waals surface area contributed by atoms with Crippen molar-refractivity contribution in [1.82, 2.24) is 16.1 Å². The van der Waals surface area contributed by atoms with Crippen LogP contribution in [0.2, 0.25) is 0 Å². The lowest BCUT2D eigenvalue weighted by Gasteiger charge is -2.47. The normalized spacial score (nSPS) is 34.0. The number of thioether (sulfide) groups is 1. The number of esters is 1. The van der Waals surface area contributed by atoms with E-state index in [0.29, 0.717) is 0 Å². The van der Waals surface area contributed by atoms with Gasteiger partial charge >= 0.3 is 12.1 Å². The van der Waals surface area contributed by atoms with Crippen molar-refractivity contribution in [2.24, 2.45) is 0 Å². The molecule has 26 nitrogen and oxygen atoms in total. The fourth-order valence-electron chi connectivity index (χ4n) is 11.0. The van der Waals surface area contributed by atoms with E-state index >= 15 is 4.79 Å². The summed E-state index contributed by atoms with van der Waals surface area (Å²) in [6, 6.07) is 1.40. The molecule has 1 aromatic rings. The number of carbonyl (C=O) groups is 4. The van der Waals surface area contributed by atoms with Gasteiger partial charge in [0.1, 0.15) is 36.1 Å². The van der Waals surface area contributed by atoms with Gasteiger partial charge in [0.2, 0.25) is 5.78 Å². The van der Waals surface area contributed by atoms with Crippen LogP contribution in [-0.2, 0) is 66.5 Å². The van der Waals surface area contributed by atoms with E-state index in [0.717, 1.165) is 7.11 Å². The standard InChI is InChI=1S/C60H82N4O22S4/c1-29(2)61-37-28-78-44(26-40(37)74-8)84-53-51(67)48(64-86-46-25-38(65)54(87-12)32(5)80-46)30(3)81-58(53)83-39-19-17-15-14-16-18-21-60(72)35(20-22-89-90-88-13)47(39)49(63-59(71)77-11)52(68)55(60)85-45-27-43(50(66)31(4)79-45)82-57(70)34-23-41(75-9)42(76-10)24-36(34)62-56(69)33(6)73-7/h14-15,20,23-24,29-32,37-40,43-46,48,50-51,53-55,58,61,64-67,72H,6,21-22,25-28H2,1-5,7-13H3,(H,62,69)(H,63,71)/t30-,31+,32-,37+,38+,39+,40+,43+,44+,45?,46+,48-,50+,51+,53-,54-,55-,58+,60-/m1/s1. The summed E-state index contributed by atoms with van der Waals surface area (Å²) in [6.45, 7) is 12.7. The number of allylic oxidation sites excluding steroid dienone is 2. The molecular formula is C60H82N4O22S4. The second-order valence-corrected chi connectivity index (χ2v) is 27.2. The molecule has 2 aliphatic carbocycles. The molecule has 0 radical (unpaired) electrons. The van der Waals surface area contributed by atoms with Crippen molar-refractivity contribution >= 4 is 72.6 Å². The minimum Gasteiger partial charge on any atom is -0.493 e. The Hall–Kier alpha value is -4.62. The topological polar surface area (TPSA) is 327 Å². The van der Waals surface area contributed by atoms with E-state index in [-0.39, 0.29) is 88.3 Å². The van der Waals surface area contributed by atoms with Gasteiger partial charge in [-0.3, -0.25) is 19.7 Å². The number of aliphatic hydroxyl groups is 4. The molecule has 19 atom stereocenters. The molecule has 498 valence electrons. The highest BCUT2D eigenvalue weighted by Crippen LogP contribution is 2.45. The average molecular weight is 1340 g/mol. The number of hydrogen-bond acceptors (Lipinski definition) is 28. The summed E-state index contributed by atoms with van der Waals surface area (Å²) in [5, 5.41) is 57.1. The van der Waals surface area contributed by atoms with Gasteiger partial charge in [0, 0.05) is 62.3 Å². The molecule has 4 fully saturated rings. The SMILES string of the molecule is C=C(OC)C(=O)Nc1cc(OC)c(OC)cc1C(=O)O[C@H]1CC(O[C@@H]2C(=O)C(NC(=O)OC)=C3C(=CCSSSC)[C@]2(O)CC#CC=CC#C[C@@H]3O[C@@H]2O[C@H](C)[C@@H](NO[C@H]3C[C@H](O)[C@H](SC)[C@@H](C)O3)[C@H](O)[C@H]2O[C@H]2C[C@H](OC)[C@@H](NC(C)C)CO2)O[C@@H](C)[C@@H]1O. The third kappa shape index (κ3) is 17.8. The second-order valence-electron chi connectivity index (χ2n) is 21.8. The van der Waals surface area contributed by atoms with Crippen LogP contribution in [-0.4, -0.2) is 226 Å². The molecule has 4 aliphatic heterocycles. The molecular weight excluding hydrogens is 1260 g/mol. The maximum atomic E-state index is 15.7. The minimum atomic E-state index is -2.46. The monoisotopic (exact) mass is 1340 g/mol. The van der Waals surface area contributed by atoms with Crippen LogP contribution >= 0.6 is 43.2 Å². The second kappa shape index (κ2) is 34.0. The zero-order valence-electron chi connectivity index (χ0n) is 52.1. The number of Topliss-reactive ketones (excluding diaryl/α,β-unsaturated/α-hetero) is 1. The number of rotatable bonds is 25. The Labute approximate surface area is 539 Å². The lowest BCUT2D eigenvalue weighted by Crippen LogP contribution is -2.65. The molecule has 90 heavy (non-hydrogen) atoms. The van der Waals surface area contributed by atoms with E-state index < -0.39 is 140 Å². The van der Waals surface area contributed by atoms with Crippen LogP contribution in [0.25, 0.3) is 0 Å². The fraction of sp³-hybridized carbons (Fsp3) is 0.633. The summed E-state index contributed by atoms with van der Waals surface area (Å²) >= 11 is 1.47. The quantitative estimate of drug-likeness (QED) is 0.0131. The van der Waals surface area contributed by atoms with E-state index in [1.165, 1.54) is 95.7 Å². The number of fused-ring (bicyclic) bond motifs is 2. The van der Waals surface area contributed by atoms with Gasteiger partial charge in [-0.25, -0.2) is 9.59 Å². The predicted octanol–water partition coefficient (Wildman–Crippen LogP) is 3.81. The maximum Gasteiger partial charge on any atom is 0.411 e. The number of nitrogens with one attached hydrogen (secondary N) is 4. The number of anilines is 1. The smallest absolute Gasteiger partial charge is 0.411 e. The van der Waals surface area contributed by atoms with E-state index in [4.69, 9.17) is 66.4 Å². The summed E-state index contributed by atoms with van der Waals surface area (Å²) in [5.74, 6) is 8.94. The number of benzene rings is 1. The van der Waals surface area contributed by atoms with Crippen LogP contribution < -0.4 is 30.9 Å². The molecule has 2 bridgehead atoms. The average Bonchev–Trinajstić information content (AvgIpc) is 0.918. The zero-order valence-corrected chi connectivity index (χ0v) is 55.3. The highest BCUT2D eigenvalue weighted by molar-refractivity contribution is 9.09. The van der Waals surface area contributed by atoms with Crippen LogP contribution in [0.1, 0.15) is 70.7 Å². The first-order valence-corrected chi connectivity index (χ1v) is 34.3. The molecule has 7 rings (SSSR count). The van der Waals surface area contributed by atoms with Gasteiger partial charge in [-0.05, 0) is 60.8 Å². The van der Waals surface area contributed by atoms with E-state index in [9.17, 15) is 34.8 Å². The summed E-state index contributed by atoms with van der Waals surface area (Å²) in [7, 11) is 10.8. The van der Waals surface area contributed by atoms with Crippen molar-refractivity contribution in [1.29, 1.82) is 0 Å². The van der Waals surface area contributed by atoms with E-state index in [2.05, 4.69) is 51.7 Å². The first-order valence-electron chi connectivity index (χ1n) is 28.9. The zero-order chi connectivity index (χ0) is 65.6. The number of ether oxygens (including phenoxy) is 13. The van der Waals surface area contributed by atoms with Gasteiger partial charge in [0.25, 0.3) is 5.91 Å². The summed E-state index contributed by atoms with van der Waals surface area (Å²) in [6.07, 6.45) is -11.9. The van der Waals surface area contributed by atoms with Crippen LogP contribution in [0.5, 0.6) is 11.5 Å². The summed E-state index contributed by atoms with van der Waals surface area (Å²) < 4.78 is 78.2. The van der Waals surface area contributed by atoms with Crippen molar-refractivity contribution < 1.29 is 106 Å². The third-order valence-electron chi connectivity index (χ3n) is 15.5. The summed E-state index contributed by atoms with van der Waals surface area (Å²) in [4.78, 5) is 62.7. The van der Waals surface area contributed by atoms with Crippen molar-refractivity contribution in [2.45, 2.75) is 182 Å². The Morgan fingerprint density at radius 3 is 2.23 bits per heavy atom. The molecule has 6 aliphatic rings. The number of amides is 2. The van der Waals surface area contributed by atoms with Crippen molar-refractivity contribution in [3.8, 4) is 35.2 Å². The number of methoxy groups -OCH3 is 5. The molecule has 1 aromatic carbocycles. The number of hydroxylamine groups is 1. The Kier molecular flexibility index (Phi) is 27.5. The first-order chi connectivity index (χ1) is 43.0. The predicted molar refractivity (Wildman–Crippen MR) is 334 cm³/mol. The highest BCUT2D eigenvalue weighted by atomic mass is 33.5. The maximum absolute atomic E-state index is 15.7. The minimum absolute atomic E-state index is 0.0427. The van der Waals surface area contributed by atoms with Crippen LogP contribution in [0.3, 0.4) is 0 Å². The van der Waals surface area contributed by atoms with Gasteiger partial charge in [0.15, 0.2) is 48.5 Å². The number of hydrogen-bond donors (Lipinski definition) is 8. The highest BCUT2D eigenvalue weighted by Gasteiger charge is 2.57. The van der Waals surface area contributed by atoms with Crippen molar-refractivity contribution in [3.63, 3.8) is 0 Å². The number of ketones is 1. The van der Waals surface area contributed by atoms with Crippen LogP contribution in [0, 0.1) is 23.7 Å². The van der Waals surface area contributed by atoms with Crippen molar-refractivity contribution in [3.05, 3.63) is 65.1 Å². The van der Waals surface area contributed by atoms with Gasteiger partial charge in [-0.15, -0.1) is 0 Å². The van der Waals surface area contributed by atoms with Gasteiger partial charge in [-0.1, -0.05) is 71.8 Å². The Balaban J connectivity index is 1.28. The Morgan fingerprint density at radius 2 is 1.57 bits per heavy atom. The Bertz CT molecular complexity index is 2910. The molecule has 0 saturated carbocycles. The van der Waals surface area contributed by atoms with Crippen molar-refractivity contribution in [2.75, 3.05) is 65.7 Å². The van der Waals surface area contributed by atoms with Gasteiger partial charge in [0.05, 0.1) is 99.8 Å². The van der Waals surface area contributed by atoms with Gasteiger partial charge < -0.3 is 92.6 Å². The van der Waals surface area contributed by atoms with Crippen LogP contribution in [0.4, 0.5) is 10.5 Å². The molecule has 4 saturated heterocycles. The lowest BCUT2D eigenvalue weighted by atomic mass is 9.71. The van der Waals surface area contributed by atoms with E-state index in [1.807, 2.05) is 33.3 Å². The Morgan fingerprint density at radius 1 is 0.856 bits per heavy atom. The summed E-state index contributed by atoms with van der Waals surface area (Å²) in [5.41, 5.74) is -0.590. The molecule has 1 unspecified atom stereocenters. The van der Waals surface area contributed by atoms with Crippen LogP contribution in [0.15, 0.2) is 59.5 Å². The lowest BCUT2D eigenvalue weighted by molar-refractivity contribution is -0.336. The number of alkyl carbamates (subject to hydrolysis) is 1. The number of aliphatic hydroxyl groups excluding tert-OH is 3. The fourth-order valence-corrected chi connectivity index (χ4v) is 14.3. The molecule has 0 spiro atoms. The molecule has 4 heterocycles. The third-order valence-corrected chi connectivity index (χ3v) is 20.5. The van der Waals surface area contributed by atoms with E-state index in [1.54, 1.807) is 20.1 Å².